The minimum absolute atomic E-state index is 0.0943. The van der Waals surface area contributed by atoms with Crippen molar-refractivity contribution in [2.24, 2.45) is 0 Å². The van der Waals surface area contributed by atoms with Gasteiger partial charge in [-0.15, -0.1) is 0 Å². The van der Waals surface area contributed by atoms with Crippen LogP contribution < -0.4 is 5.11 Å². The second-order valence-electron chi connectivity index (χ2n) is 4.57. The summed E-state index contributed by atoms with van der Waals surface area (Å²) in [5.41, 5.74) is 1.67. The Kier molecular flexibility index (Phi) is 3.94. The first-order chi connectivity index (χ1) is 9.35. The number of sulfone groups is 1. The molecule has 0 radical (unpaired) electrons. The van der Waals surface area contributed by atoms with Gasteiger partial charge in [-0.05, 0) is 24.6 Å². The molecule has 2 aromatic rings. The summed E-state index contributed by atoms with van der Waals surface area (Å²) in [6.07, 6.45) is 0. The lowest BCUT2D eigenvalue weighted by atomic mass is 10.2. The van der Waals surface area contributed by atoms with Crippen molar-refractivity contribution in [1.29, 1.82) is 0 Å². The molecule has 20 heavy (non-hydrogen) atoms. The quantitative estimate of drug-likeness (QED) is 0.822. The molecule has 0 N–H and O–H groups in total. The molecule has 0 aliphatic carbocycles. The summed E-state index contributed by atoms with van der Waals surface area (Å²) in [4.78, 5) is 10.6. The minimum atomic E-state index is -3.42. The summed E-state index contributed by atoms with van der Waals surface area (Å²) in [7, 11) is -3.42. The molecule has 1 aromatic carbocycles. The molecule has 5 nitrogen and oxygen atoms in total. The minimum Gasteiger partial charge on any atom is -0.542 e. The van der Waals surface area contributed by atoms with Crippen LogP contribution in [0.15, 0.2) is 40.8 Å². The summed E-state index contributed by atoms with van der Waals surface area (Å²) >= 11 is 0. The molecule has 0 bridgehead atoms. The zero-order valence-electron chi connectivity index (χ0n) is 10.8. The lowest BCUT2D eigenvalue weighted by Crippen LogP contribution is -2.21. The van der Waals surface area contributed by atoms with Gasteiger partial charge in [-0.3, -0.25) is 0 Å². The molecular formula is C14H13O5S-. The van der Waals surface area contributed by atoms with E-state index in [1.54, 1.807) is 18.2 Å². The van der Waals surface area contributed by atoms with Crippen molar-refractivity contribution in [3.05, 3.63) is 59.0 Å². The number of aryl methyl sites for hydroxylation is 1. The van der Waals surface area contributed by atoms with Crippen LogP contribution in [0.2, 0.25) is 0 Å². The maximum Gasteiger partial charge on any atom is 0.161 e. The van der Waals surface area contributed by atoms with E-state index in [2.05, 4.69) is 0 Å². The molecule has 0 atom stereocenters. The Morgan fingerprint density at radius 1 is 1.20 bits per heavy atom. The van der Waals surface area contributed by atoms with Gasteiger partial charge in [-0.1, -0.05) is 29.8 Å². The predicted molar refractivity (Wildman–Crippen MR) is 70.5 cm³/mol. The zero-order chi connectivity index (χ0) is 14.8. The first-order valence-corrected chi connectivity index (χ1v) is 7.74. The third-order valence-corrected chi connectivity index (χ3v) is 4.19. The fourth-order valence-corrected chi connectivity index (χ4v) is 3.27. The Morgan fingerprint density at radius 3 is 2.55 bits per heavy atom. The third-order valence-electron chi connectivity index (χ3n) is 2.69. The number of carbonyl (C=O) groups excluding carboxylic acids is 1. The first kappa shape index (κ1) is 14.3. The summed E-state index contributed by atoms with van der Waals surface area (Å²) in [6.45, 7) is 1.88. The molecular weight excluding hydrogens is 280 g/mol. The highest BCUT2D eigenvalue weighted by molar-refractivity contribution is 7.89. The predicted octanol–water partition coefficient (Wildman–Crippen LogP) is 1.07. The van der Waals surface area contributed by atoms with Crippen LogP contribution in [-0.2, 0) is 21.3 Å². The van der Waals surface area contributed by atoms with Crippen LogP contribution in [-0.4, -0.2) is 14.4 Å². The van der Waals surface area contributed by atoms with E-state index in [1.807, 2.05) is 13.0 Å². The summed E-state index contributed by atoms with van der Waals surface area (Å²) in [5.74, 6) is -2.19. The van der Waals surface area contributed by atoms with E-state index in [-0.39, 0.29) is 23.0 Å². The summed E-state index contributed by atoms with van der Waals surface area (Å²) in [6, 6.07) is 9.73. The number of benzene rings is 1. The summed E-state index contributed by atoms with van der Waals surface area (Å²) in [5, 5.41) is 10.6. The van der Waals surface area contributed by atoms with Crippen LogP contribution in [0.5, 0.6) is 0 Å². The lowest BCUT2D eigenvalue weighted by Gasteiger charge is -2.04. The number of hydrogen-bond acceptors (Lipinski definition) is 5. The van der Waals surface area contributed by atoms with Gasteiger partial charge >= 0.3 is 0 Å². The van der Waals surface area contributed by atoms with Gasteiger partial charge in [-0.25, -0.2) is 8.42 Å². The molecule has 2 rings (SSSR count). The number of carbonyl (C=O) groups is 1. The Morgan fingerprint density at radius 2 is 1.95 bits per heavy atom. The number of rotatable bonds is 5. The Bertz CT molecular complexity index is 728. The number of aromatic carboxylic acids is 1. The molecule has 0 aliphatic rings. The van der Waals surface area contributed by atoms with Gasteiger partial charge in [0.1, 0.15) is 23.2 Å². The SMILES string of the molecule is Cc1cccc(CS(=O)(=O)Cc2ccc(C(=O)[O-])o2)c1. The molecule has 106 valence electrons. The highest BCUT2D eigenvalue weighted by Crippen LogP contribution is 2.15. The van der Waals surface area contributed by atoms with E-state index in [9.17, 15) is 18.3 Å². The molecule has 0 aliphatic heterocycles. The molecule has 0 fully saturated rings. The van der Waals surface area contributed by atoms with Crippen LogP contribution in [0.4, 0.5) is 0 Å². The Balaban J connectivity index is 2.12. The van der Waals surface area contributed by atoms with Crippen molar-refractivity contribution >= 4 is 15.8 Å². The van der Waals surface area contributed by atoms with Crippen molar-refractivity contribution < 1.29 is 22.7 Å². The third kappa shape index (κ3) is 3.71. The molecule has 0 spiro atoms. The van der Waals surface area contributed by atoms with Crippen LogP contribution in [0.1, 0.15) is 27.4 Å². The molecule has 0 unspecified atom stereocenters. The van der Waals surface area contributed by atoms with Gasteiger partial charge in [0, 0.05) is 0 Å². The lowest BCUT2D eigenvalue weighted by molar-refractivity contribution is -0.257. The van der Waals surface area contributed by atoms with E-state index >= 15 is 0 Å². The van der Waals surface area contributed by atoms with Crippen LogP contribution in [0, 0.1) is 6.92 Å². The van der Waals surface area contributed by atoms with E-state index in [0.29, 0.717) is 5.56 Å². The highest BCUT2D eigenvalue weighted by atomic mass is 32.2. The van der Waals surface area contributed by atoms with Crippen LogP contribution in [0.3, 0.4) is 0 Å². The van der Waals surface area contributed by atoms with E-state index in [0.717, 1.165) is 5.56 Å². The standard InChI is InChI=1S/C14H14O5S/c1-10-3-2-4-11(7-10)8-20(17,18)9-12-5-6-13(19-12)14(15)16/h2-7H,8-9H2,1H3,(H,15,16)/p-1. The van der Waals surface area contributed by atoms with Gasteiger partial charge in [0.2, 0.25) is 0 Å². The monoisotopic (exact) mass is 293 g/mol. The Hall–Kier alpha value is -2.08. The molecule has 1 aromatic heterocycles. The smallest absolute Gasteiger partial charge is 0.161 e. The summed E-state index contributed by atoms with van der Waals surface area (Å²) < 4.78 is 29.0. The van der Waals surface area contributed by atoms with Crippen molar-refractivity contribution in [2.45, 2.75) is 18.4 Å². The number of carboxylic acid groups (broad SMARTS) is 1. The fourth-order valence-electron chi connectivity index (χ4n) is 1.89. The van der Waals surface area contributed by atoms with Crippen molar-refractivity contribution in [3.8, 4) is 0 Å². The van der Waals surface area contributed by atoms with E-state index in [4.69, 9.17) is 4.42 Å². The fraction of sp³-hybridized carbons (Fsp3) is 0.214. The molecule has 0 saturated carbocycles. The van der Waals surface area contributed by atoms with E-state index in [1.165, 1.54) is 12.1 Å². The van der Waals surface area contributed by atoms with Crippen molar-refractivity contribution in [1.82, 2.24) is 0 Å². The number of carboxylic acids is 1. The maximum atomic E-state index is 12.0. The topological polar surface area (TPSA) is 87.4 Å². The van der Waals surface area contributed by atoms with E-state index < -0.39 is 15.8 Å². The largest absolute Gasteiger partial charge is 0.542 e. The second-order valence-corrected chi connectivity index (χ2v) is 6.64. The second kappa shape index (κ2) is 5.50. The van der Waals surface area contributed by atoms with Gasteiger partial charge in [0.05, 0.1) is 5.75 Å². The zero-order valence-corrected chi connectivity index (χ0v) is 11.6. The molecule has 1 heterocycles. The van der Waals surface area contributed by atoms with Gasteiger partial charge in [0.25, 0.3) is 0 Å². The normalized spacial score (nSPS) is 11.4. The first-order valence-electron chi connectivity index (χ1n) is 5.92. The van der Waals surface area contributed by atoms with Gasteiger partial charge in [0.15, 0.2) is 9.84 Å². The average molecular weight is 293 g/mol. The maximum absolute atomic E-state index is 12.0. The van der Waals surface area contributed by atoms with Crippen LogP contribution in [0.25, 0.3) is 0 Å². The highest BCUT2D eigenvalue weighted by Gasteiger charge is 2.16. The number of furan rings is 1. The van der Waals surface area contributed by atoms with Gasteiger partial charge < -0.3 is 14.3 Å². The Labute approximate surface area is 116 Å². The molecule has 6 heteroatoms. The van der Waals surface area contributed by atoms with Crippen molar-refractivity contribution in [3.63, 3.8) is 0 Å². The molecule has 0 amide bonds. The van der Waals surface area contributed by atoms with Crippen LogP contribution >= 0.6 is 0 Å². The van der Waals surface area contributed by atoms with Crippen molar-refractivity contribution in [2.75, 3.05) is 0 Å². The van der Waals surface area contributed by atoms with Gasteiger partial charge in [-0.2, -0.15) is 0 Å². The number of hydrogen-bond donors (Lipinski definition) is 0. The molecule has 0 saturated heterocycles. The average Bonchev–Trinajstić information content (AvgIpc) is 2.75.